The lowest BCUT2D eigenvalue weighted by atomic mass is 10.3. The highest BCUT2D eigenvalue weighted by molar-refractivity contribution is 6.69. The minimum absolute atomic E-state index is 0.551. The monoisotopic (exact) mass is 216 g/mol. The lowest BCUT2D eigenvalue weighted by molar-refractivity contribution is 0.147. The van der Waals surface area contributed by atoms with Crippen LogP contribution in [0.25, 0.3) is 0 Å². The summed E-state index contributed by atoms with van der Waals surface area (Å²) in [5, 5.41) is 0. The Balaban J connectivity index is 4.48. The fourth-order valence-electron chi connectivity index (χ4n) is 0.838. The number of methoxy groups -OCH3 is 2. The molecule has 0 aromatic rings. The van der Waals surface area contributed by atoms with Gasteiger partial charge in [-0.2, -0.15) is 0 Å². The molecule has 3 nitrogen and oxygen atoms in total. The van der Waals surface area contributed by atoms with Crippen molar-refractivity contribution in [1.82, 2.24) is 0 Å². The average Bonchev–Trinajstić information content (AvgIpc) is 2.01. The third-order valence-electron chi connectivity index (χ3n) is 1.26. The summed E-state index contributed by atoms with van der Waals surface area (Å²) >= 11 is 0. The van der Waals surface area contributed by atoms with Gasteiger partial charge >= 0.3 is 0 Å². The van der Waals surface area contributed by atoms with Crippen LogP contribution < -0.4 is 0 Å². The number of ether oxygens (including phenoxy) is 2. The SMILES string of the molecule is CO/C=C(C)/C=C(\OC)O[Si](C)(C)C. The lowest BCUT2D eigenvalue weighted by Gasteiger charge is -2.20. The van der Waals surface area contributed by atoms with Crippen LogP contribution in [-0.2, 0) is 13.9 Å². The van der Waals surface area contributed by atoms with Gasteiger partial charge in [0.15, 0.2) is 0 Å². The minimum atomic E-state index is -1.59. The first kappa shape index (κ1) is 13.1. The predicted octanol–water partition coefficient (Wildman–Crippen LogP) is 2.88. The van der Waals surface area contributed by atoms with E-state index in [2.05, 4.69) is 19.6 Å². The molecule has 0 spiro atoms. The van der Waals surface area contributed by atoms with E-state index in [1.807, 2.05) is 13.0 Å². The number of hydrogen-bond donors (Lipinski definition) is 0. The first-order valence-electron chi connectivity index (χ1n) is 4.53. The van der Waals surface area contributed by atoms with Crippen molar-refractivity contribution in [3.8, 4) is 0 Å². The molecule has 14 heavy (non-hydrogen) atoms. The van der Waals surface area contributed by atoms with E-state index in [9.17, 15) is 0 Å². The van der Waals surface area contributed by atoms with Crippen molar-refractivity contribution < 1.29 is 13.9 Å². The highest BCUT2D eigenvalue weighted by Gasteiger charge is 2.17. The zero-order valence-corrected chi connectivity index (χ0v) is 10.9. The molecule has 0 N–H and O–H groups in total. The van der Waals surface area contributed by atoms with Crippen LogP contribution in [0.2, 0.25) is 19.6 Å². The van der Waals surface area contributed by atoms with Crippen LogP contribution in [0, 0.1) is 0 Å². The van der Waals surface area contributed by atoms with E-state index in [0.29, 0.717) is 5.95 Å². The van der Waals surface area contributed by atoms with Crippen molar-refractivity contribution in [2.24, 2.45) is 0 Å². The van der Waals surface area contributed by atoms with E-state index in [1.54, 1.807) is 20.5 Å². The molecule has 0 amide bonds. The first-order chi connectivity index (χ1) is 6.39. The van der Waals surface area contributed by atoms with Crippen LogP contribution >= 0.6 is 0 Å². The highest BCUT2D eigenvalue weighted by Crippen LogP contribution is 2.12. The molecule has 0 unspecified atom stereocenters. The molecule has 0 aliphatic rings. The predicted molar refractivity (Wildman–Crippen MR) is 60.3 cm³/mol. The second-order valence-corrected chi connectivity index (χ2v) is 8.41. The van der Waals surface area contributed by atoms with Gasteiger partial charge in [0.05, 0.1) is 20.5 Å². The molecule has 4 heteroatoms. The molecule has 0 radical (unpaired) electrons. The van der Waals surface area contributed by atoms with E-state index in [-0.39, 0.29) is 0 Å². The maximum Gasteiger partial charge on any atom is 0.265 e. The highest BCUT2D eigenvalue weighted by atomic mass is 28.4. The molecular weight excluding hydrogens is 196 g/mol. The van der Waals surface area contributed by atoms with Crippen molar-refractivity contribution in [3.05, 3.63) is 23.9 Å². The normalized spacial score (nSPS) is 13.9. The summed E-state index contributed by atoms with van der Waals surface area (Å²) in [4.78, 5) is 0. The number of rotatable bonds is 5. The van der Waals surface area contributed by atoms with Gasteiger partial charge < -0.3 is 13.9 Å². The Morgan fingerprint density at radius 3 is 2.07 bits per heavy atom. The topological polar surface area (TPSA) is 27.7 Å². The summed E-state index contributed by atoms with van der Waals surface area (Å²) in [5.41, 5.74) is 0.961. The van der Waals surface area contributed by atoms with Gasteiger partial charge in [-0.1, -0.05) is 0 Å². The van der Waals surface area contributed by atoms with Crippen LogP contribution in [0.5, 0.6) is 0 Å². The van der Waals surface area contributed by atoms with Gasteiger partial charge in [0.1, 0.15) is 0 Å². The Morgan fingerprint density at radius 1 is 1.14 bits per heavy atom. The summed E-state index contributed by atoms with van der Waals surface area (Å²) in [6, 6.07) is 0. The van der Waals surface area contributed by atoms with Crippen molar-refractivity contribution in [3.63, 3.8) is 0 Å². The van der Waals surface area contributed by atoms with Crippen molar-refractivity contribution >= 4 is 8.32 Å². The van der Waals surface area contributed by atoms with Crippen LogP contribution in [0.1, 0.15) is 6.92 Å². The van der Waals surface area contributed by atoms with Crippen molar-refractivity contribution in [1.29, 1.82) is 0 Å². The van der Waals surface area contributed by atoms with Gasteiger partial charge in [0.2, 0.25) is 8.32 Å². The van der Waals surface area contributed by atoms with Crippen LogP contribution in [0.3, 0.4) is 0 Å². The van der Waals surface area contributed by atoms with Gasteiger partial charge in [-0.3, -0.25) is 0 Å². The molecule has 0 heterocycles. The largest absolute Gasteiger partial charge is 0.520 e. The third kappa shape index (κ3) is 6.60. The van der Waals surface area contributed by atoms with E-state index >= 15 is 0 Å². The summed E-state index contributed by atoms with van der Waals surface area (Å²) < 4.78 is 15.7. The average molecular weight is 216 g/mol. The zero-order valence-electron chi connectivity index (χ0n) is 9.88. The molecule has 0 aliphatic carbocycles. The molecule has 0 saturated carbocycles. The second-order valence-electron chi connectivity index (χ2n) is 3.98. The molecule has 0 atom stereocenters. The van der Waals surface area contributed by atoms with Crippen molar-refractivity contribution in [2.75, 3.05) is 14.2 Å². The molecular formula is C10H20O3Si. The summed E-state index contributed by atoms with van der Waals surface area (Å²) in [5.74, 6) is 0.551. The fourth-order valence-corrected chi connectivity index (χ4v) is 1.58. The molecule has 0 aromatic carbocycles. The van der Waals surface area contributed by atoms with Gasteiger partial charge in [0.25, 0.3) is 5.95 Å². The molecule has 0 bridgehead atoms. The van der Waals surface area contributed by atoms with Gasteiger partial charge in [0, 0.05) is 6.08 Å². The van der Waals surface area contributed by atoms with E-state index < -0.39 is 8.32 Å². The van der Waals surface area contributed by atoms with Crippen LogP contribution in [-0.4, -0.2) is 22.5 Å². The zero-order chi connectivity index (χ0) is 11.2. The first-order valence-corrected chi connectivity index (χ1v) is 7.94. The fraction of sp³-hybridized carbons (Fsp3) is 0.600. The standard InChI is InChI=1S/C10H20O3Si/c1-9(8-11-2)7-10(12-3)13-14(4,5)6/h7-8H,1-6H3/b9-8+,10-7+. The maximum atomic E-state index is 5.69. The molecule has 0 aromatic heterocycles. The summed E-state index contributed by atoms with van der Waals surface area (Å²) in [6.45, 7) is 8.25. The Labute approximate surface area is 87.5 Å². The van der Waals surface area contributed by atoms with Crippen LogP contribution in [0.4, 0.5) is 0 Å². The Hall–Kier alpha value is -0.903. The lowest BCUT2D eigenvalue weighted by Crippen LogP contribution is -2.25. The molecule has 0 aliphatic heterocycles. The van der Waals surface area contributed by atoms with Crippen molar-refractivity contribution in [2.45, 2.75) is 26.6 Å². The Bertz CT molecular complexity index is 226. The Morgan fingerprint density at radius 2 is 1.71 bits per heavy atom. The van der Waals surface area contributed by atoms with E-state index in [0.717, 1.165) is 5.57 Å². The van der Waals surface area contributed by atoms with Gasteiger partial charge in [-0.15, -0.1) is 0 Å². The van der Waals surface area contributed by atoms with E-state index in [4.69, 9.17) is 13.9 Å². The Kier molecular flexibility index (Phi) is 5.38. The summed E-state index contributed by atoms with van der Waals surface area (Å²) in [7, 11) is 1.63. The minimum Gasteiger partial charge on any atom is -0.520 e. The maximum absolute atomic E-state index is 5.69. The molecule has 0 fully saturated rings. The number of allylic oxidation sites excluding steroid dienone is 2. The summed E-state index contributed by atoms with van der Waals surface area (Å²) in [6.07, 6.45) is 3.47. The van der Waals surface area contributed by atoms with Crippen LogP contribution in [0.15, 0.2) is 23.9 Å². The van der Waals surface area contributed by atoms with E-state index in [1.165, 1.54) is 0 Å². The molecule has 82 valence electrons. The third-order valence-corrected chi connectivity index (χ3v) is 2.07. The molecule has 0 rings (SSSR count). The number of hydrogen-bond acceptors (Lipinski definition) is 3. The van der Waals surface area contributed by atoms with Gasteiger partial charge in [-0.25, -0.2) is 0 Å². The second kappa shape index (κ2) is 5.75. The van der Waals surface area contributed by atoms with Gasteiger partial charge in [-0.05, 0) is 32.1 Å². The molecule has 0 saturated heterocycles. The quantitative estimate of drug-likeness (QED) is 0.402. The smallest absolute Gasteiger partial charge is 0.265 e.